The van der Waals surface area contributed by atoms with E-state index in [1.165, 1.54) is 21.8 Å². The molecule has 7 rings (SSSR count). The standard InChI is InChI=1S/C25H15IN4/c26-30-19-11-5-4-10-17(19)18-14-15-22-23(24(18)30)27-25-28(16-8-2-1-3-9-16)20-12-6-7-13-21(20)29(22)25/h1-15H. The Morgan fingerprint density at radius 1 is 0.600 bits per heavy atom. The first-order chi connectivity index (χ1) is 14.8. The molecule has 30 heavy (non-hydrogen) atoms. The van der Waals surface area contributed by atoms with Crippen molar-refractivity contribution >= 4 is 72.5 Å². The molecule has 0 saturated heterocycles. The van der Waals surface area contributed by atoms with Gasteiger partial charge in [0, 0.05) is 16.5 Å². The van der Waals surface area contributed by atoms with E-state index >= 15 is 0 Å². The largest absolute Gasteiger partial charge is 0.279 e. The van der Waals surface area contributed by atoms with Crippen LogP contribution in [0.4, 0.5) is 0 Å². The highest BCUT2D eigenvalue weighted by atomic mass is 127. The fourth-order valence-electron chi connectivity index (χ4n) is 4.70. The first-order valence-electron chi connectivity index (χ1n) is 9.88. The summed E-state index contributed by atoms with van der Waals surface area (Å²) in [5.41, 5.74) is 7.98. The number of hydrogen-bond donors (Lipinski definition) is 0. The van der Waals surface area contributed by atoms with Crippen molar-refractivity contribution in [2.75, 3.05) is 0 Å². The van der Waals surface area contributed by atoms with Gasteiger partial charge in [-0.3, -0.25) is 11.7 Å². The number of aromatic nitrogens is 4. The van der Waals surface area contributed by atoms with Gasteiger partial charge in [-0.1, -0.05) is 48.5 Å². The van der Waals surface area contributed by atoms with Gasteiger partial charge in [0.2, 0.25) is 5.78 Å². The third-order valence-electron chi connectivity index (χ3n) is 5.96. The van der Waals surface area contributed by atoms with Gasteiger partial charge in [0.1, 0.15) is 5.52 Å². The van der Waals surface area contributed by atoms with Gasteiger partial charge in [0.15, 0.2) is 0 Å². The smallest absolute Gasteiger partial charge is 0.220 e. The van der Waals surface area contributed by atoms with Crippen LogP contribution in [-0.2, 0) is 0 Å². The molecular weight excluding hydrogens is 483 g/mol. The molecule has 4 nitrogen and oxygen atoms in total. The zero-order valence-electron chi connectivity index (χ0n) is 15.8. The fourth-order valence-corrected chi connectivity index (χ4v) is 5.60. The van der Waals surface area contributed by atoms with Crippen molar-refractivity contribution in [1.82, 2.24) is 16.7 Å². The van der Waals surface area contributed by atoms with Crippen molar-refractivity contribution in [3.05, 3.63) is 91.0 Å². The molecule has 5 heteroatoms. The van der Waals surface area contributed by atoms with E-state index in [2.05, 4.69) is 120 Å². The summed E-state index contributed by atoms with van der Waals surface area (Å²) in [5, 5.41) is 2.50. The maximum atomic E-state index is 5.21. The van der Waals surface area contributed by atoms with Crippen LogP contribution in [0, 0.1) is 0 Å². The Morgan fingerprint density at radius 2 is 1.30 bits per heavy atom. The van der Waals surface area contributed by atoms with E-state index in [4.69, 9.17) is 4.98 Å². The van der Waals surface area contributed by atoms with Crippen LogP contribution in [0.15, 0.2) is 91.0 Å². The summed E-state index contributed by atoms with van der Waals surface area (Å²) in [6.07, 6.45) is 0. The average molecular weight is 498 g/mol. The summed E-state index contributed by atoms with van der Waals surface area (Å²) in [5.74, 6) is 0.937. The first kappa shape index (κ1) is 16.5. The van der Waals surface area contributed by atoms with Gasteiger partial charge < -0.3 is 0 Å². The van der Waals surface area contributed by atoms with Crippen molar-refractivity contribution in [1.29, 1.82) is 0 Å². The summed E-state index contributed by atoms with van der Waals surface area (Å²) < 4.78 is 6.78. The predicted molar refractivity (Wildman–Crippen MR) is 132 cm³/mol. The molecule has 0 unspecified atom stereocenters. The van der Waals surface area contributed by atoms with Crippen LogP contribution in [0.5, 0.6) is 0 Å². The highest BCUT2D eigenvalue weighted by Crippen LogP contribution is 2.37. The molecule has 3 heterocycles. The fraction of sp³-hybridized carbons (Fsp3) is 0. The van der Waals surface area contributed by atoms with Gasteiger partial charge in [-0.15, -0.1) is 0 Å². The van der Waals surface area contributed by atoms with Gasteiger partial charge in [0.25, 0.3) is 0 Å². The molecule has 0 bridgehead atoms. The molecule has 0 saturated carbocycles. The minimum absolute atomic E-state index is 0.937. The number of halogens is 1. The topological polar surface area (TPSA) is 27.2 Å². The molecule has 0 amide bonds. The van der Waals surface area contributed by atoms with E-state index in [0.29, 0.717) is 0 Å². The highest BCUT2D eigenvalue weighted by Gasteiger charge is 2.20. The Balaban J connectivity index is 1.74. The zero-order chi connectivity index (χ0) is 19.8. The third-order valence-corrected chi connectivity index (χ3v) is 6.96. The van der Waals surface area contributed by atoms with Gasteiger partial charge in [0.05, 0.1) is 50.4 Å². The molecule has 142 valence electrons. The monoisotopic (exact) mass is 498 g/mol. The Bertz CT molecular complexity index is 1750. The molecule has 3 aromatic heterocycles. The normalized spacial score (nSPS) is 12.2. The molecule has 0 aliphatic rings. The minimum Gasteiger partial charge on any atom is -0.279 e. The second-order valence-corrected chi connectivity index (χ2v) is 8.50. The van der Waals surface area contributed by atoms with Crippen LogP contribution in [0.25, 0.3) is 55.3 Å². The van der Waals surface area contributed by atoms with E-state index in [1.807, 2.05) is 6.07 Å². The van der Waals surface area contributed by atoms with Crippen molar-refractivity contribution in [2.24, 2.45) is 0 Å². The van der Waals surface area contributed by atoms with Crippen LogP contribution in [0.3, 0.4) is 0 Å². The number of rotatable bonds is 1. The van der Waals surface area contributed by atoms with Crippen molar-refractivity contribution in [3.63, 3.8) is 0 Å². The number of fused-ring (bicyclic) bond motifs is 9. The molecule has 0 radical (unpaired) electrons. The number of para-hydroxylation sites is 4. The Morgan fingerprint density at radius 3 is 2.13 bits per heavy atom. The highest BCUT2D eigenvalue weighted by molar-refractivity contribution is 14.1. The lowest BCUT2D eigenvalue weighted by molar-refractivity contribution is 1.11. The minimum atomic E-state index is 0.937. The molecule has 0 atom stereocenters. The van der Waals surface area contributed by atoms with Crippen LogP contribution in [0.2, 0.25) is 0 Å². The number of benzene rings is 4. The number of nitrogens with zero attached hydrogens (tertiary/aromatic N) is 4. The average Bonchev–Trinajstić information content (AvgIpc) is 3.42. The van der Waals surface area contributed by atoms with Crippen LogP contribution in [-0.4, -0.2) is 16.7 Å². The molecule has 4 aromatic carbocycles. The van der Waals surface area contributed by atoms with Gasteiger partial charge >= 0.3 is 0 Å². The number of hydrogen-bond acceptors (Lipinski definition) is 1. The quantitative estimate of drug-likeness (QED) is 0.231. The Labute approximate surface area is 185 Å². The summed E-state index contributed by atoms with van der Waals surface area (Å²) in [7, 11) is 0. The molecule has 7 aromatic rings. The Hall–Kier alpha value is -3.32. The molecule has 0 N–H and O–H groups in total. The molecule has 0 aliphatic carbocycles. The van der Waals surface area contributed by atoms with Gasteiger partial charge in [-0.2, -0.15) is 0 Å². The van der Waals surface area contributed by atoms with Crippen LogP contribution < -0.4 is 0 Å². The Kier molecular flexibility index (Phi) is 3.22. The molecule has 0 fully saturated rings. The van der Waals surface area contributed by atoms with E-state index in [1.54, 1.807) is 0 Å². The predicted octanol–water partition coefficient (Wildman–Crippen LogP) is 6.74. The van der Waals surface area contributed by atoms with Crippen molar-refractivity contribution in [3.8, 4) is 5.69 Å². The van der Waals surface area contributed by atoms with E-state index < -0.39 is 0 Å². The maximum absolute atomic E-state index is 5.21. The van der Waals surface area contributed by atoms with E-state index in [0.717, 1.165) is 33.5 Å². The molecule has 0 aliphatic heterocycles. The van der Waals surface area contributed by atoms with Gasteiger partial charge in [-0.25, -0.2) is 4.98 Å². The summed E-state index contributed by atoms with van der Waals surface area (Å²) in [4.78, 5) is 5.21. The third kappa shape index (κ3) is 1.98. The summed E-state index contributed by atoms with van der Waals surface area (Å²) >= 11 is 2.40. The van der Waals surface area contributed by atoms with Crippen molar-refractivity contribution < 1.29 is 0 Å². The summed E-state index contributed by atoms with van der Waals surface area (Å²) in [6.45, 7) is 0. The molecule has 0 spiro atoms. The van der Waals surface area contributed by atoms with E-state index in [-0.39, 0.29) is 0 Å². The lowest BCUT2D eigenvalue weighted by atomic mass is 10.1. The van der Waals surface area contributed by atoms with Crippen LogP contribution in [0.1, 0.15) is 0 Å². The SMILES string of the molecule is In1c2ccccc2c2ccc3c(nc4n(-c5ccccc5)c5ccccc5n34)c21. The number of imidazole rings is 2. The maximum Gasteiger partial charge on any atom is 0.220 e. The lowest BCUT2D eigenvalue weighted by Crippen LogP contribution is -1.94. The lowest BCUT2D eigenvalue weighted by Gasteiger charge is -2.04. The van der Waals surface area contributed by atoms with E-state index in [9.17, 15) is 0 Å². The van der Waals surface area contributed by atoms with Crippen LogP contribution >= 0.6 is 22.9 Å². The first-order valence-corrected chi connectivity index (χ1v) is 10.8. The second-order valence-electron chi connectivity index (χ2n) is 7.53. The summed E-state index contributed by atoms with van der Waals surface area (Å²) in [6, 6.07) is 32.0. The second kappa shape index (κ2) is 5.86. The molecular formula is C25H15IN4. The van der Waals surface area contributed by atoms with Gasteiger partial charge in [-0.05, 0) is 42.5 Å². The zero-order valence-corrected chi connectivity index (χ0v) is 18.0. The van der Waals surface area contributed by atoms with Crippen molar-refractivity contribution in [2.45, 2.75) is 0 Å².